The van der Waals surface area contributed by atoms with Crippen molar-refractivity contribution in [3.8, 4) is 0 Å². The molecule has 0 aromatic rings. The molecule has 0 aliphatic heterocycles. The van der Waals surface area contributed by atoms with Gasteiger partial charge in [-0.25, -0.2) is 0 Å². The zero-order valence-electron chi connectivity index (χ0n) is 10.5. The quantitative estimate of drug-likeness (QED) is 0.703. The van der Waals surface area contributed by atoms with Crippen LogP contribution in [0.5, 0.6) is 0 Å². The van der Waals surface area contributed by atoms with Crippen molar-refractivity contribution in [2.24, 2.45) is 11.8 Å². The number of fused-ring (bicyclic) bond motifs is 2. The van der Waals surface area contributed by atoms with Gasteiger partial charge >= 0.3 is 0 Å². The molecule has 3 atom stereocenters. The maximum atomic E-state index is 3.95. The summed E-state index contributed by atoms with van der Waals surface area (Å²) in [5.74, 6) is 2.11. The van der Waals surface area contributed by atoms with Crippen LogP contribution >= 0.6 is 0 Å². The highest BCUT2D eigenvalue weighted by molar-refractivity contribution is 4.95. The summed E-state index contributed by atoms with van der Waals surface area (Å²) in [4.78, 5) is 0. The van der Waals surface area contributed by atoms with E-state index >= 15 is 0 Å². The Morgan fingerprint density at radius 3 is 2.27 bits per heavy atom. The Morgan fingerprint density at radius 2 is 1.80 bits per heavy atom. The van der Waals surface area contributed by atoms with Crippen molar-refractivity contribution in [2.45, 2.75) is 77.3 Å². The fourth-order valence-electron chi connectivity index (χ4n) is 3.76. The van der Waals surface area contributed by atoms with E-state index in [1.54, 1.807) is 0 Å². The molecule has 2 saturated carbocycles. The van der Waals surface area contributed by atoms with Gasteiger partial charge in [0.1, 0.15) is 0 Å². The van der Waals surface area contributed by atoms with Gasteiger partial charge in [-0.2, -0.15) is 0 Å². The molecule has 0 saturated heterocycles. The van der Waals surface area contributed by atoms with Gasteiger partial charge in [0.05, 0.1) is 0 Å². The lowest BCUT2D eigenvalue weighted by molar-refractivity contribution is 0.299. The number of rotatable bonds is 6. The Bertz CT molecular complexity index is 184. The molecular formula is C14H27N. The Labute approximate surface area is 95.0 Å². The van der Waals surface area contributed by atoms with Crippen LogP contribution in [0.4, 0.5) is 0 Å². The molecule has 15 heavy (non-hydrogen) atoms. The zero-order valence-corrected chi connectivity index (χ0v) is 10.5. The fourth-order valence-corrected chi connectivity index (χ4v) is 3.76. The van der Waals surface area contributed by atoms with E-state index in [1.807, 2.05) is 0 Å². The SMILES string of the molecule is CCCC(CCC)NC1CC2CCC1C2. The van der Waals surface area contributed by atoms with E-state index in [9.17, 15) is 0 Å². The molecular weight excluding hydrogens is 182 g/mol. The normalized spacial score (nSPS) is 34.2. The lowest BCUT2D eigenvalue weighted by Gasteiger charge is -2.28. The Hall–Kier alpha value is -0.0400. The average molecular weight is 209 g/mol. The second-order valence-corrected chi connectivity index (χ2v) is 5.72. The smallest absolute Gasteiger partial charge is 0.0101 e. The molecule has 0 heterocycles. The molecule has 0 spiro atoms. The summed E-state index contributed by atoms with van der Waals surface area (Å²) in [7, 11) is 0. The molecule has 88 valence electrons. The van der Waals surface area contributed by atoms with Gasteiger partial charge in [-0.05, 0) is 43.9 Å². The van der Waals surface area contributed by atoms with Crippen molar-refractivity contribution in [1.82, 2.24) is 5.32 Å². The van der Waals surface area contributed by atoms with Crippen molar-refractivity contribution in [1.29, 1.82) is 0 Å². The van der Waals surface area contributed by atoms with Crippen LogP contribution in [0.2, 0.25) is 0 Å². The molecule has 3 unspecified atom stereocenters. The molecule has 2 fully saturated rings. The van der Waals surface area contributed by atoms with Crippen LogP contribution in [0.1, 0.15) is 65.2 Å². The lowest BCUT2D eigenvalue weighted by Crippen LogP contribution is -2.41. The minimum atomic E-state index is 0.810. The van der Waals surface area contributed by atoms with Crippen LogP contribution in [-0.2, 0) is 0 Å². The van der Waals surface area contributed by atoms with Gasteiger partial charge in [0, 0.05) is 12.1 Å². The minimum Gasteiger partial charge on any atom is -0.311 e. The van der Waals surface area contributed by atoms with Crippen LogP contribution in [0.3, 0.4) is 0 Å². The summed E-state index contributed by atoms with van der Waals surface area (Å²) in [5.41, 5.74) is 0. The molecule has 2 rings (SSSR count). The Morgan fingerprint density at radius 1 is 1.07 bits per heavy atom. The third kappa shape index (κ3) is 2.75. The van der Waals surface area contributed by atoms with Gasteiger partial charge in [0.2, 0.25) is 0 Å². The summed E-state index contributed by atoms with van der Waals surface area (Å²) in [6, 6.07) is 1.69. The lowest BCUT2D eigenvalue weighted by atomic mass is 9.93. The van der Waals surface area contributed by atoms with Crippen LogP contribution < -0.4 is 5.32 Å². The molecule has 2 aliphatic rings. The average Bonchev–Trinajstić information content (AvgIpc) is 2.80. The molecule has 0 aromatic heterocycles. The van der Waals surface area contributed by atoms with E-state index in [0.717, 1.165) is 23.9 Å². The predicted octanol–water partition coefficient (Wildman–Crippen LogP) is 3.73. The third-order valence-corrected chi connectivity index (χ3v) is 4.46. The topological polar surface area (TPSA) is 12.0 Å². The summed E-state index contributed by atoms with van der Waals surface area (Å²) in [6.07, 6.45) is 11.5. The van der Waals surface area contributed by atoms with Gasteiger partial charge in [0.25, 0.3) is 0 Å². The second-order valence-electron chi connectivity index (χ2n) is 5.72. The molecule has 0 amide bonds. The first-order chi connectivity index (χ1) is 7.33. The van der Waals surface area contributed by atoms with E-state index in [0.29, 0.717) is 0 Å². The number of nitrogens with one attached hydrogen (secondary N) is 1. The molecule has 1 nitrogen and oxygen atoms in total. The first kappa shape index (κ1) is 11.4. The molecule has 1 heteroatoms. The van der Waals surface area contributed by atoms with E-state index in [4.69, 9.17) is 0 Å². The van der Waals surface area contributed by atoms with Crippen molar-refractivity contribution in [2.75, 3.05) is 0 Å². The van der Waals surface area contributed by atoms with E-state index in [-0.39, 0.29) is 0 Å². The second kappa shape index (κ2) is 5.34. The van der Waals surface area contributed by atoms with Crippen molar-refractivity contribution in [3.63, 3.8) is 0 Å². The van der Waals surface area contributed by atoms with Gasteiger partial charge < -0.3 is 5.32 Å². The summed E-state index contributed by atoms with van der Waals surface area (Å²) in [6.45, 7) is 4.62. The maximum Gasteiger partial charge on any atom is 0.0101 e. The first-order valence-electron chi connectivity index (χ1n) is 7.09. The molecule has 1 N–H and O–H groups in total. The van der Waals surface area contributed by atoms with Gasteiger partial charge in [0.15, 0.2) is 0 Å². The largest absolute Gasteiger partial charge is 0.311 e. The summed E-state index contributed by atoms with van der Waals surface area (Å²) >= 11 is 0. The fraction of sp³-hybridized carbons (Fsp3) is 1.00. The van der Waals surface area contributed by atoms with E-state index < -0.39 is 0 Å². The number of hydrogen-bond donors (Lipinski definition) is 1. The van der Waals surface area contributed by atoms with Crippen molar-refractivity contribution in [3.05, 3.63) is 0 Å². The maximum absolute atomic E-state index is 3.95. The van der Waals surface area contributed by atoms with Crippen LogP contribution in [0.25, 0.3) is 0 Å². The molecule has 0 radical (unpaired) electrons. The van der Waals surface area contributed by atoms with Crippen LogP contribution in [0, 0.1) is 11.8 Å². The molecule has 2 aliphatic carbocycles. The first-order valence-corrected chi connectivity index (χ1v) is 7.09. The highest BCUT2D eigenvalue weighted by Crippen LogP contribution is 2.44. The van der Waals surface area contributed by atoms with Crippen molar-refractivity contribution >= 4 is 0 Å². The highest BCUT2D eigenvalue weighted by atomic mass is 15.0. The van der Waals surface area contributed by atoms with E-state index in [2.05, 4.69) is 19.2 Å². The third-order valence-electron chi connectivity index (χ3n) is 4.46. The minimum absolute atomic E-state index is 0.810. The van der Waals surface area contributed by atoms with Crippen LogP contribution in [-0.4, -0.2) is 12.1 Å². The summed E-state index contributed by atoms with van der Waals surface area (Å²) < 4.78 is 0. The molecule has 2 bridgehead atoms. The van der Waals surface area contributed by atoms with Gasteiger partial charge in [-0.3, -0.25) is 0 Å². The monoisotopic (exact) mass is 209 g/mol. The zero-order chi connectivity index (χ0) is 10.7. The summed E-state index contributed by atoms with van der Waals surface area (Å²) in [5, 5.41) is 3.95. The highest BCUT2D eigenvalue weighted by Gasteiger charge is 2.39. The van der Waals surface area contributed by atoms with Crippen molar-refractivity contribution < 1.29 is 0 Å². The Kier molecular flexibility index (Phi) is 4.07. The van der Waals surface area contributed by atoms with Gasteiger partial charge in [-0.15, -0.1) is 0 Å². The van der Waals surface area contributed by atoms with E-state index in [1.165, 1.54) is 51.4 Å². The molecule has 0 aromatic carbocycles. The van der Waals surface area contributed by atoms with Gasteiger partial charge in [-0.1, -0.05) is 33.1 Å². The predicted molar refractivity (Wildman–Crippen MR) is 66.0 cm³/mol. The Balaban J connectivity index is 1.78. The standard InChI is InChI=1S/C14H27N/c1-3-5-13(6-4-2)15-14-10-11-7-8-12(14)9-11/h11-15H,3-10H2,1-2H3. The number of hydrogen-bond acceptors (Lipinski definition) is 1. The van der Waals surface area contributed by atoms with Crippen LogP contribution in [0.15, 0.2) is 0 Å².